The number of hydrogen-bond donors (Lipinski definition) is 1. The van der Waals surface area contributed by atoms with Crippen LogP contribution in [0.15, 0.2) is 18.2 Å². The molecule has 2 N–H and O–H groups in total. The maximum absolute atomic E-state index is 6.45. The Balaban J connectivity index is 2.12. The van der Waals surface area contributed by atoms with Gasteiger partial charge in [0.2, 0.25) is 0 Å². The van der Waals surface area contributed by atoms with Crippen LogP contribution < -0.4 is 10.6 Å². The highest BCUT2D eigenvalue weighted by Gasteiger charge is 2.28. The molecule has 0 spiro atoms. The number of likely N-dealkylation sites (N-methyl/N-ethyl adjacent to an activating group) is 1. The maximum Gasteiger partial charge on any atom is 0.0750 e. The Morgan fingerprint density at radius 1 is 1.50 bits per heavy atom. The molecule has 1 heterocycles. The number of hydrogen-bond acceptors (Lipinski definition) is 3. The minimum absolute atomic E-state index is 0.206. The zero-order chi connectivity index (χ0) is 14.7. The minimum Gasteiger partial charge on any atom is -0.376 e. The van der Waals surface area contributed by atoms with Crippen molar-refractivity contribution in [2.45, 2.75) is 51.3 Å². The van der Waals surface area contributed by atoms with Gasteiger partial charge in [0, 0.05) is 19.7 Å². The molecule has 1 aromatic rings. The second-order valence-electron chi connectivity index (χ2n) is 5.70. The first-order chi connectivity index (χ1) is 9.52. The van der Waals surface area contributed by atoms with E-state index in [1.54, 1.807) is 0 Å². The highest BCUT2D eigenvalue weighted by molar-refractivity contribution is 6.33. The van der Waals surface area contributed by atoms with Crippen molar-refractivity contribution in [3.63, 3.8) is 0 Å². The zero-order valence-corrected chi connectivity index (χ0v) is 13.4. The number of nitrogens with two attached hydrogens (primary N) is 1. The lowest BCUT2D eigenvalue weighted by molar-refractivity contribution is 0.118. The summed E-state index contributed by atoms with van der Waals surface area (Å²) in [5, 5.41) is 0.799. The van der Waals surface area contributed by atoms with Gasteiger partial charge < -0.3 is 15.4 Å². The van der Waals surface area contributed by atoms with Crippen molar-refractivity contribution in [2.75, 3.05) is 18.6 Å². The Morgan fingerprint density at radius 2 is 2.25 bits per heavy atom. The van der Waals surface area contributed by atoms with Gasteiger partial charge >= 0.3 is 0 Å². The SMILES string of the molecule is CCC(N)Cc1ccc(N(C)C2CCOC2C)c(Cl)c1. The van der Waals surface area contributed by atoms with Crippen LogP contribution in [0, 0.1) is 0 Å². The van der Waals surface area contributed by atoms with E-state index in [0.29, 0.717) is 6.04 Å². The molecule has 0 bridgehead atoms. The molecule has 0 radical (unpaired) electrons. The van der Waals surface area contributed by atoms with Gasteiger partial charge in [0.1, 0.15) is 0 Å². The van der Waals surface area contributed by atoms with Gasteiger partial charge in [-0.05, 0) is 43.9 Å². The summed E-state index contributed by atoms with van der Waals surface area (Å²) >= 11 is 6.45. The molecule has 112 valence electrons. The first-order valence-corrected chi connectivity index (χ1v) is 7.79. The van der Waals surface area contributed by atoms with Gasteiger partial charge in [-0.25, -0.2) is 0 Å². The first kappa shape index (κ1) is 15.6. The van der Waals surface area contributed by atoms with E-state index in [0.717, 1.165) is 36.6 Å². The minimum atomic E-state index is 0.206. The summed E-state index contributed by atoms with van der Waals surface area (Å²) in [5.41, 5.74) is 8.28. The predicted octanol–water partition coefficient (Wildman–Crippen LogP) is 3.23. The van der Waals surface area contributed by atoms with Crippen molar-refractivity contribution in [3.8, 4) is 0 Å². The van der Waals surface area contributed by atoms with Gasteiger partial charge in [-0.2, -0.15) is 0 Å². The second kappa shape index (κ2) is 6.79. The van der Waals surface area contributed by atoms with E-state index in [2.05, 4.69) is 37.9 Å². The van der Waals surface area contributed by atoms with Gasteiger partial charge in [0.15, 0.2) is 0 Å². The van der Waals surface area contributed by atoms with E-state index in [4.69, 9.17) is 22.1 Å². The van der Waals surface area contributed by atoms with Crippen LogP contribution in [0.4, 0.5) is 5.69 Å². The van der Waals surface area contributed by atoms with Gasteiger partial charge in [-0.1, -0.05) is 24.6 Å². The molecule has 1 aromatic carbocycles. The van der Waals surface area contributed by atoms with Gasteiger partial charge in [-0.3, -0.25) is 0 Å². The largest absolute Gasteiger partial charge is 0.376 e. The predicted molar refractivity (Wildman–Crippen MR) is 85.6 cm³/mol. The standard InChI is InChI=1S/C16H25ClN2O/c1-4-13(18)9-12-5-6-16(14(17)10-12)19(3)15-7-8-20-11(15)2/h5-6,10-11,13,15H,4,7-9,18H2,1-3H3. The highest BCUT2D eigenvalue weighted by atomic mass is 35.5. The molecule has 3 nitrogen and oxygen atoms in total. The number of rotatable bonds is 5. The Kier molecular flexibility index (Phi) is 5.30. The third-order valence-corrected chi connectivity index (χ3v) is 4.55. The average Bonchev–Trinajstić information content (AvgIpc) is 2.84. The highest BCUT2D eigenvalue weighted by Crippen LogP contribution is 2.31. The lowest BCUT2D eigenvalue weighted by Gasteiger charge is -2.29. The summed E-state index contributed by atoms with van der Waals surface area (Å²) < 4.78 is 5.64. The topological polar surface area (TPSA) is 38.5 Å². The third-order valence-electron chi connectivity index (χ3n) is 4.25. The van der Waals surface area contributed by atoms with Gasteiger partial charge in [-0.15, -0.1) is 0 Å². The van der Waals surface area contributed by atoms with Crippen LogP contribution in [0.25, 0.3) is 0 Å². The molecule has 0 aromatic heterocycles. The van der Waals surface area contributed by atoms with Crippen LogP contribution in [0.2, 0.25) is 5.02 Å². The van der Waals surface area contributed by atoms with E-state index in [1.165, 1.54) is 5.56 Å². The number of benzene rings is 1. The number of anilines is 1. The smallest absolute Gasteiger partial charge is 0.0750 e. The van der Waals surface area contributed by atoms with Crippen LogP contribution in [-0.2, 0) is 11.2 Å². The molecular weight excluding hydrogens is 272 g/mol. The monoisotopic (exact) mass is 296 g/mol. The van der Waals surface area contributed by atoms with Crippen molar-refractivity contribution in [1.29, 1.82) is 0 Å². The summed E-state index contributed by atoms with van der Waals surface area (Å²) in [6.07, 6.45) is 3.17. The zero-order valence-electron chi connectivity index (χ0n) is 12.6. The Labute approximate surface area is 127 Å². The maximum atomic E-state index is 6.45. The molecule has 1 saturated heterocycles. The second-order valence-corrected chi connectivity index (χ2v) is 6.11. The fourth-order valence-electron chi connectivity index (χ4n) is 2.82. The van der Waals surface area contributed by atoms with E-state index >= 15 is 0 Å². The first-order valence-electron chi connectivity index (χ1n) is 7.41. The third kappa shape index (κ3) is 3.46. The lowest BCUT2D eigenvalue weighted by Crippen LogP contribution is -2.36. The van der Waals surface area contributed by atoms with Crippen LogP contribution >= 0.6 is 11.6 Å². The van der Waals surface area contributed by atoms with Gasteiger partial charge in [0.05, 0.1) is 22.9 Å². The fourth-order valence-corrected chi connectivity index (χ4v) is 3.15. The van der Waals surface area contributed by atoms with Crippen LogP contribution in [0.5, 0.6) is 0 Å². The Bertz CT molecular complexity index is 452. The van der Waals surface area contributed by atoms with Crippen LogP contribution in [-0.4, -0.2) is 31.8 Å². The molecule has 1 aliphatic rings. The molecule has 20 heavy (non-hydrogen) atoms. The normalized spacial score (nSPS) is 23.9. The van der Waals surface area contributed by atoms with E-state index in [-0.39, 0.29) is 12.1 Å². The summed E-state index contributed by atoms with van der Waals surface area (Å²) in [4.78, 5) is 2.24. The fraction of sp³-hybridized carbons (Fsp3) is 0.625. The van der Waals surface area contributed by atoms with Crippen molar-refractivity contribution < 1.29 is 4.74 Å². The van der Waals surface area contributed by atoms with Gasteiger partial charge in [0.25, 0.3) is 0 Å². The molecule has 1 fully saturated rings. The molecule has 3 atom stereocenters. The van der Waals surface area contributed by atoms with Crippen molar-refractivity contribution in [1.82, 2.24) is 0 Å². The lowest BCUT2D eigenvalue weighted by atomic mass is 10.0. The molecule has 4 heteroatoms. The Morgan fingerprint density at radius 3 is 2.80 bits per heavy atom. The summed E-state index contributed by atoms with van der Waals surface area (Å²) in [6.45, 7) is 5.06. The van der Waals surface area contributed by atoms with Crippen molar-refractivity contribution in [3.05, 3.63) is 28.8 Å². The Hall–Kier alpha value is -0.770. The van der Waals surface area contributed by atoms with Crippen LogP contribution in [0.3, 0.4) is 0 Å². The molecular formula is C16H25ClN2O. The van der Waals surface area contributed by atoms with E-state index < -0.39 is 0 Å². The van der Waals surface area contributed by atoms with E-state index in [1.807, 2.05) is 6.07 Å². The number of ether oxygens (including phenoxy) is 1. The molecule has 0 aliphatic carbocycles. The number of halogens is 1. The summed E-state index contributed by atoms with van der Waals surface area (Å²) in [7, 11) is 2.09. The molecule has 2 rings (SSSR count). The van der Waals surface area contributed by atoms with Crippen molar-refractivity contribution >= 4 is 17.3 Å². The van der Waals surface area contributed by atoms with E-state index in [9.17, 15) is 0 Å². The number of nitrogens with zero attached hydrogens (tertiary/aromatic N) is 1. The molecule has 0 amide bonds. The summed E-state index contributed by atoms with van der Waals surface area (Å²) in [6, 6.07) is 6.89. The van der Waals surface area contributed by atoms with Crippen molar-refractivity contribution in [2.24, 2.45) is 5.73 Å². The quantitative estimate of drug-likeness (QED) is 0.906. The molecule has 3 unspecified atom stereocenters. The summed E-state index contributed by atoms with van der Waals surface area (Å²) in [5.74, 6) is 0. The molecule has 0 saturated carbocycles. The van der Waals surface area contributed by atoms with Crippen LogP contribution in [0.1, 0.15) is 32.3 Å². The average molecular weight is 297 g/mol. The molecule has 1 aliphatic heterocycles.